The van der Waals surface area contributed by atoms with Crippen LogP contribution in [-0.4, -0.2) is 34.5 Å². The first-order valence-electron chi connectivity index (χ1n) is 34.0. The lowest BCUT2D eigenvalue weighted by atomic mass is 9.82. The molecule has 0 aliphatic heterocycles. The highest BCUT2D eigenvalue weighted by molar-refractivity contribution is 6.12. The maximum Gasteiger partial charge on any atom is 0.238 e. The van der Waals surface area contributed by atoms with Gasteiger partial charge in [-0.25, -0.2) is 19.9 Å². The molecule has 17 aromatic rings. The lowest BCUT2D eigenvalue weighted by Crippen LogP contribution is -2.15. The van der Waals surface area contributed by atoms with Gasteiger partial charge in [-0.15, -0.1) is 0 Å². The van der Waals surface area contributed by atoms with E-state index in [0.717, 1.165) is 105 Å². The van der Waals surface area contributed by atoms with Crippen molar-refractivity contribution in [2.75, 3.05) is 0 Å². The van der Waals surface area contributed by atoms with Crippen molar-refractivity contribution in [2.45, 2.75) is 19.3 Å². The van der Waals surface area contributed by atoms with Gasteiger partial charge in [-0.2, -0.15) is 9.97 Å². The largest absolute Gasteiger partial charge is 0.278 e. The van der Waals surface area contributed by atoms with E-state index in [1.165, 1.54) is 44.5 Å². The number of aromatic nitrogens is 7. The fourth-order valence-corrected chi connectivity index (χ4v) is 14.6. The van der Waals surface area contributed by atoms with Crippen molar-refractivity contribution in [2.24, 2.45) is 0 Å². The van der Waals surface area contributed by atoms with Crippen LogP contribution in [0.1, 0.15) is 25.0 Å². The van der Waals surface area contributed by atoms with Crippen molar-refractivity contribution in [3.8, 4) is 152 Å². The molecule has 18 rings (SSSR count). The molecule has 1 aliphatic carbocycles. The zero-order valence-electron chi connectivity index (χ0n) is 55.0. The molecule has 3 aromatic heterocycles. The first-order chi connectivity index (χ1) is 49.3. The second-order valence-electron chi connectivity index (χ2n) is 26.3. The third kappa shape index (κ3) is 11.0. The molecule has 3 heterocycles. The van der Waals surface area contributed by atoms with E-state index in [2.05, 4.69) is 328 Å². The van der Waals surface area contributed by atoms with Crippen molar-refractivity contribution < 1.29 is 0 Å². The van der Waals surface area contributed by atoms with E-state index in [0.29, 0.717) is 35.1 Å². The summed E-state index contributed by atoms with van der Waals surface area (Å²) in [5.74, 6) is 3.33. The van der Waals surface area contributed by atoms with Crippen LogP contribution in [0.3, 0.4) is 0 Å². The molecule has 0 atom stereocenters. The van der Waals surface area contributed by atoms with Crippen LogP contribution in [0.25, 0.3) is 174 Å². The molecule has 1 aliphatic rings. The predicted octanol–water partition coefficient (Wildman–Crippen LogP) is 23.5. The van der Waals surface area contributed by atoms with Gasteiger partial charge in [0, 0.05) is 44.0 Å². The van der Waals surface area contributed by atoms with Crippen LogP contribution in [0.4, 0.5) is 0 Å². The van der Waals surface area contributed by atoms with Gasteiger partial charge < -0.3 is 0 Å². The van der Waals surface area contributed by atoms with Gasteiger partial charge in [0.05, 0.1) is 11.0 Å². The van der Waals surface area contributed by atoms with E-state index in [4.69, 9.17) is 29.9 Å². The van der Waals surface area contributed by atoms with E-state index in [1.807, 2.05) is 36.4 Å². The minimum absolute atomic E-state index is 0.292. The van der Waals surface area contributed by atoms with Gasteiger partial charge in [0.15, 0.2) is 29.1 Å². The molecule has 0 N–H and O–H groups in total. The first kappa shape index (κ1) is 59.4. The fraction of sp³-hybridized carbons (Fsp3) is 0.0323. The molecule has 100 heavy (non-hydrogen) atoms. The number of nitrogens with zero attached hydrogens (tertiary/aromatic N) is 7. The Morgan fingerprint density at radius 3 is 0.940 bits per heavy atom. The van der Waals surface area contributed by atoms with Gasteiger partial charge in [0.2, 0.25) is 5.95 Å². The van der Waals surface area contributed by atoms with Gasteiger partial charge >= 0.3 is 0 Å². The number of benzene rings is 14. The second-order valence-corrected chi connectivity index (χ2v) is 26.3. The van der Waals surface area contributed by atoms with E-state index in [-0.39, 0.29) is 5.41 Å². The van der Waals surface area contributed by atoms with Crippen LogP contribution in [0, 0.1) is 0 Å². The molecule has 0 saturated heterocycles. The van der Waals surface area contributed by atoms with Crippen LogP contribution >= 0.6 is 0 Å². The summed E-state index contributed by atoms with van der Waals surface area (Å²) in [6.07, 6.45) is 0. The van der Waals surface area contributed by atoms with Gasteiger partial charge in [0.1, 0.15) is 0 Å². The van der Waals surface area contributed by atoms with Crippen LogP contribution in [0.2, 0.25) is 0 Å². The highest BCUT2D eigenvalue weighted by atomic mass is 15.2. The van der Waals surface area contributed by atoms with Gasteiger partial charge in [0.25, 0.3) is 0 Å². The smallest absolute Gasteiger partial charge is 0.238 e. The normalized spacial score (nSPS) is 12.2. The Morgan fingerprint density at radius 2 is 0.500 bits per heavy atom. The number of hydrogen-bond acceptors (Lipinski definition) is 6. The van der Waals surface area contributed by atoms with Gasteiger partial charge in [-0.1, -0.05) is 275 Å². The number of fused-ring (bicyclic) bond motifs is 6. The van der Waals surface area contributed by atoms with Crippen molar-refractivity contribution in [1.29, 1.82) is 0 Å². The summed E-state index contributed by atoms with van der Waals surface area (Å²) in [5, 5.41) is 2.06. The van der Waals surface area contributed by atoms with Crippen LogP contribution < -0.4 is 0 Å². The molecule has 0 unspecified atom stereocenters. The Morgan fingerprint density at radius 1 is 0.200 bits per heavy atom. The molecule has 0 saturated carbocycles. The molecule has 7 nitrogen and oxygen atoms in total. The van der Waals surface area contributed by atoms with E-state index >= 15 is 0 Å². The van der Waals surface area contributed by atoms with Gasteiger partial charge in [-0.05, 0) is 185 Å². The minimum atomic E-state index is -0.292. The maximum absolute atomic E-state index is 5.57. The van der Waals surface area contributed by atoms with Gasteiger partial charge in [-0.3, -0.25) is 4.57 Å². The summed E-state index contributed by atoms with van der Waals surface area (Å²) in [6.45, 7) is 4.66. The summed E-state index contributed by atoms with van der Waals surface area (Å²) in [4.78, 5) is 32.4. The molecule has 0 fully saturated rings. The lowest BCUT2D eigenvalue weighted by molar-refractivity contribution is 0.661. The maximum atomic E-state index is 5.57. The first-order valence-corrected chi connectivity index (χ1v) is 34.0. The predicted molar refractivity (Wildman–Crippen MR) is 410 cm³/mol. The molecule has 0 spiro atoms. The highest BCUT2D eigenvalue weighted by Gasteiger charge is 2.36. The Hall–Kier alpha value is -13.1. The molecule has 470 valence electrons. The van der Waals surface area contributed by atoms with E-state index in [1.54, 1.807) is 0 Å². The van der Waals surface area contributed by atoms with Crippen molar-refractivity contribution in [3.63, 3.8) is 0 Å². The SMILES string of the molecule is CC1(C)c2ccccc2-c2cc3c4cc(-c5nc(-c6ccccc6)nc(-c6cccc(-c7cc(-c8ccccc8)cc(-c8ccccc8)c7)c6)n5)ccc4n(-c4nc(-c5ccccc5)nc(-c5cccc(-c6cccc(-c7cc(-c8ccccc8)cc(-c8ccccc8)c7)c6)c5)n4)c3cc21. The zero-order valence-corrected chi connectivity index (χ0v) is 55.0. The van der Waals surface area contributed by atoms with E-state index in [9.17, 15) is 0 Å². The Balaban J connectivity index is 0.787. The highest BCUT2D eigenvalue weighted by Crippen LogP contribution is 2.51. The molecule has 0 radical (unpaired) electrons. The van der Waals surface area contributed by atoms with Crippen molar-refractivity contribution in [3.05, 3.63) is 357 Å². The number of hydrogen-bond donors (Lipinski definition) is 0. The second kappa shape index (κ2) is 24.8. The summed E-state index contributed by atoms with van der Waals surface area (Å²) in [7, 11) is 0. The lowest BCUT2D eigenvalue weighted by Gasteiger charge is -2.21. The third-order valence-electron chi connectivity index (χ3n) is 19.6. The van der Waals surface area contributed by atoms with E-state index < -0.39 is 0 Å². The molecule has 14 aromatic carbocycles. The summed E-state index contributed by atoms with van der Waals surface area (Å²) in [6, 6.07) is 123. The molecule has 7 heteroatoms. The average molecular weight is 1280 g/mol. The Labute approximate surface area is 580 Å². The molecule has 0 amide bonds. The summed E-state index contributed by atoms with van der Waals surface area (Å²) in [5.41, 5.74) is 26.7. The third-order valence-corrected chi connectivity index (χ3v) is 19.6. The molecular weight excluding hydrogens is 1220 g/mol. The van der Waals surface area contributed by atoms with Crippen LogP contribution in [0.5, 0.6) is 0 Å². The number of rotatable bonds is 13. The molecule has 0 bridgehead atoms. The average Bonchev–Trinajstić information content (AvgIpc) is 1.55. The van der Waals surface area contributed by atoms with Crippen LogP contribution in [0.15, 0.2) is 346 Å². The Bertz CT molecular complexity index is 5860. The summed E-state index contributed by atoms with van der Waals surface area (Å²) >= 11 is 0. The zero-order chi connectivity index (χ0) is 66.7. The van der Waals surface area contributed by atoms with Crippen LogP contribution in [-0.2, 0) is 5.41 Å². The van der Waals surface area contributed by atoms with Crippen molar-refractivity contribution >= 4 is 21.8 Å². The quantitative estimate of drug-likeness (QED) is 0.114. The Kier molecular flexibility index (Phi) is 14.8. The minimum Gasteiger partial charge on any atom is -0.278 e. The van der Waals surface area contributed by atoms with Crippen molar-refractivity contribution in [1.82, 2.24) is 34.5 Å². The monoisotopic (exact) mass is 1280 g/mol. The fourth-order valence-electron chi connectivity index (χ4n) is 14.6. The molecular formula is C93H63N7. The topological polar surface area (TPSA) is 82.3 Å². The standard InChI is InChI=1S/C93H63N7/c1-93(2)83-45-22-21-44-79(83)80-58-82-81-57-72(90-95-87(64-34-17-7-18-35-64)94-89(97-90)70-42-25-41-69(50-70)78-55-75(62-30-13-5-14-31-62)52-76(56-78)63-32-15-6-16-33-63)46-47-85(81)100(86(82)59-84(80)93)92-98-88(65-36-19-8-20-37-65)96-91(99-92)71-43-24-39-67(49-71)66-38-23-40-68(48-66)77-53-73(60-26-9-3-10-27-60)51-74(54-77)61-28-11-4-12-29-61/h3-59H,1-2H3. The summed E-state index contributed by atoms with van der Waals surface area (Å²) < 4.78 is 2.24.